The van der Waals surface area contributed by atoms with E-state index < -0.39 is 5.91 Å². The molecule has 0 saturated heterocycles. The van der Waals surface area contributed by atoms with Gasteiger partial charge in [-0.1, -0.05) is 11.6 Å². The van der Waals surface area contributed by atoms with Crippen molar-refractivity contribution in [2.45, 2.75) is 0 Å². The monoisotopic (exact) mass is 263 g/mol. The number of carbonyl (C=O) groups excluding carboxylic acids is 1. The second-order valence-corrected chi connectivity index (χ2v) is 3.62. The summed E-state index contributed by atoms with van der Waals surface area (Å²) in [6.07, 6.45) is 0. The smallest absolute Gasteiger partial charge is 0.252 e. The third-order valence-corrected chi connectivity index (χ3v) is 2.29. The van der Waals surface area contributed by atoms with Crippen LogP contribution in [0.15, 0.2) is 16.6 Å². The van der Waals surface area contributed by atoms with Gasteiger partial charge in [0.15, 0.2) is 0 Å². The maximum Gasteiger partial charge on any atom is 0.252 e. The van der Waals surface area contributed by atoms with E-state index in [1.807, 2.05) is 0 Å². The van der Waals surface area contributed by atoms with Gasteiger partial charge in [0, 0.05) is 5.02 Å². The van der Waals surface area contributed by atoms with E-state index in [2.05, 4.69) is 15.9 Å². The molecule has 0 aromatic heterocycles. The molecule has 1 amide bonds. The lowest BCUT2D eigenvalue weighted by molar-refractivity contribution is 0.0997. The molecule has 0 heterocycles. The van der Waals surface area contributed by atoms with Crippen molar-refractivity contribution in [3.05, 3.63) is 27.2 Å². The Hall–Kier alpha value is -0.740. The molecule has 0 atom stereocenters. The van der Waals surface area contributed by atoms with Crippen molar-refractivity contribution < 1.29 is 9.53 Å². The lowest BCUT2D eigenvalue weighted by Crippen LogP contribution is -2.12. The zero-order valence-electron chi connectivity index (χ0n) is 6.80. The summed E-state index contributed by atoms with van der Waals surface area (Å²) in [5.74, 6) is -0.169. The fraction of sp³-hybridized carbons (Fsp3) is 0.125. The first-order valence-corrected chi connectivity index (χ1v) is 4.56. The minimum Gasteiger partial charge on any atom is -0.495 e. The van der Waals surface area contributed by atoms with Gasteiger partial charge in [0.05, 0.1) is 17.1 Å². The molecular formula is C8H7BrClNO2. The number of rotatable bonds is 2. The number of methoxy groups -OCH3 is 1. The molecule has 0 unspecified atom stereocenters. The molecule has 0 saturated carbocycles. The Bertz CT molecular complexity index is 354. The Kier molecular flexibility index (Phi) is 3.17. The molecule has 0 bridgehead atoms. The molecule has 5 heteroatoms. The van der Waals surface area contributed by atoms with Crippen molar-refractivity contribution >= 4 is 33.4 Å². The fourth-order valence-corrected chi connectivity index (χ4v) is 1.92. The average molecular weight is 265 g/mol. The number of hydrogen-bond donors (Lipinski definition) is 1. The van der Waals surface area contributed by atoms with Crippen molar-refractivity contribution in [2.24, 2.45) is 5.73 Å². The van der Waals surface area contributed by atoms with Crippen molar-refractivity contribution in [3.8, 4) is 5.75 Å². The quantitative estimate of drug-likeness (QED) is 0.890. The number of primary amides is 1. The summed E-state index contributed by atoms with van der Waals surface area (Å²) >= 11 is 8.94. The van der Waals surface area contributed by atoms with E-state index in [9.17, 15) is 4.79 Å². The fourth-order valence-electron chi connectivity index (χ4n) is 0.951. The molecule has 0 spiro atoms. The predicted octanol–water partition coefficient (Wildman–Crippen LogP) is 2.21. The molecule has 1 aromatic carbocycles. The van der Waals surface area contributed by atoms with Crippen LogP contribution < -0.4 is 10.5 Å². The van der Waals surface area contributed by atoms with Crippen molar-refractivity contribution in [3.63, 3.8) is 0 Å². The van der Waals surface area contributed by atoms with E-state index in [1.54, 1.807) is 6.07 Å². The molecule has 2 N–H and O–H groups in total. The summed E-state index contributed by atoms with van der Waals surface area (Å²) in [6, 6.07) is 3.10. The molecule has 1 rings (SSSR count). The molecule has 0 aliphatic heterocycles. The van der Waals surface area contributed by atoms with Crippen LogP contribution in [0.1, 0.15) is 10.4 Å². The summed E-state index contributed by atoms with van der Waals surface area (Å²) in [5, 5.41) is 0.432. The molecule has 0 radical (unpaired) electrons. The molecule has 0 fully saturated rings. The largest absolute Gasteiger partial charge is 0.495 e. The number of amides is 1. The lowest BCUT2D eigenvalue weighted by Gasteiger charge is -2.07. The van der Waals surface area contributed by atoms with Gasteiger partial charge in [-0.05, 0) is 28.1 Å². The van der Waals surface area contributed by atoms with Gasteiger partial charge in [0.25, 0.3) is 5.91 Å². The van der Waals surface area contributed by atoms with Crippen LogP contribution >= 0.6 is 27.5 Å². The zero-order valence-corrected chi connectivity index (χ0v) is 9.15. The molecule has 0 aliphatic rings. The van der Waals surface area contributed by atoms with E-state index in [4.69, 9.17) is 22.1 Å². The highest BCUT2D eigenvalue weighted by molar-refractivity contribution is 9.10. The zero-order chi connectivity index (χ0) is 10.0. The number of hydrogen-bond acceptors (Lipinski definition) is 2. The predicted molar refractivity (Wildman–Crippen MR) is 54.2 cm³/mol. The van der Waals surface area contributed by atoms with Crippen LogP contribution in [-0.2, 0) is 0 Å². The summed E-state index contributed by atoms with van der Waals surface area (Å²) in [4.78, 5) is 10.9. The maximum absolute atomic E-state index is 10.9. The first-order chi connectivity index (χ1) is 6.06. The van der Waals surface area contributed by atoms with Crippen molar-refractivity contribution in [1.29, 1.82) is 0 Å². The Morgan fingerprint density at radius 3 is 2.69 bits per heavy atom. The van der Waals surface area contributed by atoms with Crippen LogP contribution in [0.4, 0.5) is 0 Å². The van der Waals surface area contributed by atoms with Gasteiger partial charge < -0.3 is 10.5 Å². The van der Waals surface area contributed by atoms with Gasteiger partial charge in [-0.15, -0.1) is 0 Å². The summed E-state index contributed by atoms with van der Waals surface area (Å²) in [7, 11) is 1.46. The standard InChI is InChI=1S/C8H7BrClNO2/c1-13-7-5(8(11)12)2-4(10)3-6(7)9/h2-3H,1H3,(H2,11,12). The minimum atomic E-state index is -0.569. The van der Waals surface area contributed by atoms with Crippen LogP contribution in [0.25, 0.3) is 0 Å². The van der Waals surface area contributed by atoms with Crippen LogP contribution in [0.5, 0.6) is 5.75 Å². The van der Waals surface area contributed by atoms with Crippen molar-refractivity contribution in [1.82, 2.24) is 0 Å². The van der Waals surface area contributed by atoms with Crippen LogP contribution in [0.2, 0.25) is 5.02 Å². The van der Waals surface area contributed by atoms with E-state index >= 15 is 0 Å². The average Bonchev–Trinajstić information content (AvgIpc) is 2.02. The second-order valence-electron chi connectivity index (χ2n) is 2.33. The molecule has 0 aliphatic carbocycles. The number of nitrogens with two attached hydrogens (primary N) is 1. The van der Waals surface area contributed by atoms with E-state index in [0.717, 1.165) is 0 Å². The van der Waals surface area contributed by atoms with E-state index in [0.29, 0.717) is 15.2 Å². The highest BCUT2D eigenvalue weighted by Crippen LogP contribution is 2.31. The normalized spacial score (nSPS) is 9.77. The number of benzene rings is 1. The van der Waals surface area contributed by atoms with Crippen LogP contribution in [0, 0.1) is 0 Å². The molecule has 13 heavy (non-hydrogen) atoms. The summed E-state index contributed by atoms with van der Waals surface area (Å²) < 4.78 is 5.59. The van der Waals surface area contributed by atoms with Gasteiger partial charge in [0.1, 0.15) is 5.75 Å². The third kappa shape index (κ3) is 2.14. The summed E-state index contributed by atoms with van der Waals surface area (Å²) in [5.41, 5.74) is 5.40. The van der Waals surface area contributed by atoms with Gasteiger partial charge in [-0.3, -0.25) is 4.79 Å². The number of halogens is 2. The Morgan fingerprint density at radius 1 is 1.62 bits per heavy atom. The maximum atomic E-state index is 10.9. The SMILES string of the molecule is COc1c(Br)cc(Cl)cc1C(N)=O. The Morgan fingerprint density at radius 2 is 2.23 bits per heavy atom. The minimum absolute atomic E-state index is 0.266. The first kappa shape index (κ1) is 10.3. The van der Waals surface area contributed by atoms with Crippen molar-refractivity contribution in [2.75, 3.05) is 7.11 Å². The third-order valence-electron chi connectivity index (χ3n) is 1.48. The van der Waals surface area contributed by atoms with Gasteiger partial charge in [-0.2, -0.15) is 0 Å². The molecule has 1 aromatic rings. The Labute approximate surface area is 88.9 Å². The first-order valence-electron chi connectivity index (χ1n) is 3.39. The van der Waals surface area contributed by atoms with Gasteiger partial charge in [0.2, 0.25) is 0 Å². The summed E-state index contributed by atoms with van der Waals surface area (Å²) in [6.45, 7) is 0. The van der Waals surface area contributed by atoms with Gasteiger partial charge in [-0.25, -0.2) is 0 Å². The molecular weight excluding hydrogens is 257 g/mol. The van der Waals surface area contributed by atoms with E-state index in [1.165, 1.54) is 13.2 Å². The molecule has 3 nitrogen and oxygen atoms in total. The number of ether oxygens (including phenoxy) is 1. The Balaban J connectivity index is 3.38. The lowest BCUT2D eigenvalue weighted by atomic mass is 10.2. The highest BCUT2D eigenvalue weighted by atomic mass is 79.9. The van der Waals surface area contributed by atoms with Crippen LogP contribution in [-0.4, -0.2) is 13.0 Å². The van der Waals surface area contributed by atoms with E-state index in [-0.39, 0.29) is 5.56 Å². The topological polar surface area (TPSA) is 52.3 Å². The second kappa shape index (κ2) is 3.98. The molecule has 70 valence electrons. The van der Waals surface area contributed by atoms with Gasteiger partial charge >= 0.3 is 0 Å². The highest BCUT2D eigenvalue weighted by Gasteiger charge is 2.13. The van der Waals surface area contributed by atoms with Crippen LogP contribution in [0.3, 0.4) is 0 Å². The number of carbonyl (C=O) groups is 1.